The first-order chi connectivity index (χ1) is 5.98. The van der Waals surface area contributed by atoms with E-state index in [1.165, 1.54) is 11.3 Å². The van der Waals surface area contributed by atoms with E-state index in [1.54, 1.807) is 25.3 Å². The molecule has 4 heteroatoms. The zero-order valence-electron chi connectivity index (χ0n) is 7.37. The van der Waals surface area contributed by atoms with Gasteiger partial charge in [0.25, 0.3) is 0 Å². The van der Waals surface area contributed by atoms with Crippen LogP contribution in [0.25, 0.3) is 0 Å². The molecule has 68 valence electrons. The highest BCUT2D eigenvalue weighted by molar-refractivity contribution is 7.10. The fourth-order valence-electron chi connectivity index (χ4n) is 0.828. The molecule has 0 aromatic carbocycles. The smallest absolute Gasteiger partial charge is 0.314 e. The van der Waals surface area contributed by atoms with Crippen molar-refractivity contribution < 1.29 is 9.90 Å². The summed E-state index contributed by atoms with van der Waals surface area (Å²) in [4.78, 5) is 11.5. The molecule has 1 aromatic heterocycles. The maximum Gasteiger partial charge on any atom is 0.314 e. The molecule has 0 atom stereocenters. The number of hydrogen-bond acceptors (Lipinski definition) is 3. The van der Waals surface area contributed by atoms with E-state index in [1.807, 2.05) is 6.07 Å². The van der Waals surface area contributed by atoms with Crippen molar-refractivity contribution in [1.82, 2.24) is 0 Å². The molecule has 0 unspecified atom stereocenters. The van der Waals surface area contributed by atoms with Gasteiger partial charge < -0.3 is 5.11 Å². The standard InChI is InChI=1S/C9H9NO2S/c1-9(2,8(11)12)7-3-6(4-10)5-13-7/h3,5H,1-2H3,(H,11,12). The normalized spacial score (nSPS) is 10.8. The molecule has 0 aliphatic carbocycles. The largest absolute Gasteiger partial charge is 0.481 e. The van der Waals surface area contributed by atoms with Crippen LogP contribution in [0.15, 0.2) is 11.4 Å². The molecule has 1 heterocycles. The van der Waals surface area contributed by atoms with E-state index >= 15 is 0 Å². The van der Waals surface area contributed by atoms with Crippen molar-refractivity contribution in [3.8, 4) is 6.07 Å². The summed E-state index contributed by atoms with van der Waals surface area (Å²) in [5.74, 6) is -0.876. The van der Waals surface area contributed by atoms with Crippen molar-refractivity contribution in [2.24, 2.45) is 0 Å². The molecule has 0 radical (unpaired) electrons. The lowest BCUT2D eigenvalue weighted by atomic mass is 9.91. The summed E-state index contributed by atoms with van der Waals surface area (Å²) in [6, 6.07) is 3.60. The van der Waals surface area contributed by atoms with E-state index in [4.69, 9.17) is 10.4 Å². The van der Waals surface area contributed by atoms with E-state index in [2.05, 4.69) is 0 Å². The number of nitriles is 1. The predicted molar refractivity (Wildman–Crippen MR) is 49.7 cm³/mol. The number of carboxylic acids is 1. The third-order valence-corrected chi connectivity index (χ3v) is 3.13. The summed E-state index contributed by atoms with van der Waals surface area (Å²) in [7, 11) is 0. The van der Waals surface area contributed by atoms with Crippen molar-refractivity contribution in [3.63, 3.8) is 0 Å². The van der Waals surface area contributed by atoms with Crippen LogP contribution in [-0.2, 0) is 10.2 Å². The summed E-state index contributed by atoms with van der Waals surface area (Å²) in [5, 5.41) is 19.1. The minimum absolute atomic E-state index is 0.523. The fourth-order valence-corrected chi connectivity index (χ4v) is 1.78. The number of hydrogen-bond donors (Lipinski definition) is 1. The van der Waals surface area contributed by atoms with Gasteiger partial charge in [-0.05, 0) is 19.9 Å². The highest BCUT2D eigenvalue weighted by Crippen LogP contribution is 2.29. The monoisotopic (exact) mass is 195 g/mol. The average molecular weight is 195 g/mol. The van der Waals surface area contributed by atoms with E-state index in [9.17, 15) is 4.79 Å². The van der Waals surface area contributed by atoms with Gasteiger partial charge in [-0.25, -0.2) is 0 Å². The van der Waals surface area contributed by atoms with Gasteiger partial charge in [-0.2, -0.15) is 5.26 Å². The lowest BCUT2D eigenvalue weighted by molar-refractivity contribution is -0.142. The highest BCUT2D eigenvalue weighted by Gasteiger charge is 2.30. The molecule has 0 bridgehead atoms. The van der Waals surface area contributed by atoms with Gasteiger partial charge in [-0.15, -0.1) is 11.3 Å². The minimum Gasteiger partial charge on any atom is -0.481 e. The maximum absolute atomic E-state index is 10.8. The number of rotatable bonds is 2. The second-order valence-corrected chi connectivity index (χ2v) is 4.15. The molecule has 0 saturated carbocycles. The molecule has 0 saturated heterocycles. The Bertz CT molecular complexity index is 373. The lowest BCUT2D eigenvalue weighted by Crippen LogP contribution is -2.27. The van der Waals surface area contributed by atoms with Gasteiger partial charge in [0.15, 0.2) is 0 Å². The summed E-state index contributed by atoms with van der Waals surface area (Å²) in [6.45, 7) is 3.25. The zero-order valence-corrected chi connectivity index (χ0v) is 8.18. The number of carboxylic acid groups (broad SMARTS) is 1. The van der Waals surface area contributed by atoms with Crippen molar-refractivity contribution in [1.29, 1.82) is 5.26 Å². The minimum atomic E-state index is -0.903. The lowest BCUT2D eigenvalue weighted by Gasteiger charge is -2.16. The molecular weight excluding hydrogens is 186 g/mol. The van der Waals surface area contributed by atoms with Gasteiger partial charge >= 0.3 is 5.97 Å². The summed E-state index contributed by atoms with van der Waals surface area (Å²) in [6.07, 6.45) is 0. The van der Waals surface area contributed by atoms with Crippen molar-refractivity contribution in [3.05, 3.63) is 21.9 Å². The van der Waals surface area contributed by atoms with Gasteiger partial charge in [0.2, 0.25) is 0 Å². The second-order valence-electron chi connectivity index (χ2n) is 3.24. The van der Waals surface area contributed by atoms with Crippen LogP contribution in [0.4, 0.5) is 0 Å². The molecule has 1 rings (SSSR count). The Hall–Kier alpha value is -1.34. The van der Waals surface area contributed by atoms with E-state index < -0.39 is 11.4 Å². The van der Waals surface area contributed by atoms with E-state index in [-0.39, 0.29) is 0 Å². The molecule has 0 aliphatic heterocycles. The Morgan fingerprint density at radius 1 is 1.69 bits per heavy atom. The maximum atomic E-state index is 10.8. The van der Waals surface area contributed by atoms with E-state index in [0.29, 0.717) is 10.4 Å². The van der Waals surface area contributed by atoms with Crippen molar-refractivity contribution >= 4 is 17.3 Å². The third kappa shape index (κ3) is 1.70. The highest BCUT2D eigenvalue weighted by atomic mass is 32.1. The Labute approximate surface area is 80.2 Å². The second kappa shape index (κ2) is 3.19. The van der Waals surface area contributed by atoms with Crippen LogP contribution in [-0.4, -0.2) is 11.1 Å². The Morgan fingerprint density at radius 2 is 2.31 bits per heavy atom. The SMILES string of the molecule is CC(C)(C(=O)O)c1cc(C#N)cs1. The Balaban J connectivity index is 3.09. The van der Waals surface area contributed by atoms with Crippen LogP contribution >= 0.6 is 11.3 Å². The van der Waals surface area contributed by atoms with Gasteiger partial charge in [-0.3, -0.25) is 4.79 Å². The Kier molecular flexibility index (Phi) is 2.39. The molecule has 13 heavy (non-hydrogen) atoms. The molecule has 3 nitrogen and oxygen atoms in total. The van der Waals surface area contributed by atoms with Crippen LogP contribution in [0.3, 0.4) is 0 Å². The topological polar surface area (TPSA) is 61.1 Å². The Morgan fingerprint density at radius 3 is 2.69 bits per heavy atom. The molecule has 1 N–H and O–H groups in total. The first-order valence-electron chi connectivity index (χ1n) is 3.71. The number of nitrogens with zero attached hydrogens (tertiary/aromatic N) is 1. The number of carbonyl (C=O) groups is 1. The van der Waals surface area contributed by atoms with E-state index in [0.717, 1.165) is 0 Å². The molecule has 0 fully saturated rings. The predicted octanol–water partition coefficient (Wildman–Crippen LogP) is 1.98. The van der Waals surface area contributed by atoms with Crippen molar-refractivity contribution in [2.45, 2.75) is 19.3 Å². The molecule has 0 amide bonds. The van der Waals surface area contributed by atoms with Crippen LogP contribution in [0, 0.1) is 11.3 Å². The van der Waals surface area contributed by atoms with Gasteiger partial charge in [-0.1, -0.05) is 0 Å². The van der Waals surface area contributed by atoms with Gasteiger partial charge in [0.05, 0.1) is 11.0 Å². The summed E-state index contributed by atoms with van der Waals surface area (Å²) in [5.41, 5.74) is -0.380. The number of thiophene rings is 1. The molecular formula is C9H9NO2S. The third-order valence-electron chi connectivity index (χ3n) is 1.88. The van der Waals surface area contributed by atoms with Crippen LogP contribution in [0.5, 0.6) is 0 Å². The first kappa shape index (κ1) is 9.75. The van der Waals surface area contributed by atoms with Gasteiger partial charge in [0, 0.05) is 10.3 Å². The quantitative estimate of drug-likeness (QED) is 0.784. The zero-order chi connectivity index (χ0) is 10.1. The average Bonchev–Trinajstić information content (AvgIpc) is 2.51. The van der Waals surface area contributed by atoms with Gasteiger partial charge in [0.1, 0.15) is 6.07 Å². The van der Waals surface area contributed by atoms with Crippen LogP contribution in [0.1, 0.15) is 24.3 Å². The van der Waals surface area contributed by atoms with Crippen molar-refractivity contribution in [2.75, 3.05) is 0 Å². The molecule has 1 aromatic rings. The summed E-state index contributed by atoms with van der Waals surface area (Å²) >= 11 is 1.31. The van der Waals surface area contributed by atoms with Crippen LogP contribution in [0.2, 0.25) is 0 Å². The molecule has 0 spiro atoms. The fraction of sp³-hybridized carbons (Fsp3) is 0.333. The number of aliphatic carboxylic acids is 1. The molecule has 0 aliphatic rings. The first-order valence-corrected chi connectivity index (χ1v) is 4.59. The van der Waals surface area contributed by atoms with Crippen LogP contribution < -0.4 is 0 Å². The summed E-state index contributed by atoms with van der Waals surface area (Å²) < 4.78 is 0.